The Morgan fingerprint density at radius 3 is 2.38 bits per heavy atom. The van der Waals surface area contributed by atoms with Crippen molar-refractivity contribution in [2.75, 3.05) is 0 Å². The maximum absolute atomic E-state index is 10.1. The van der Waals surface area contributed by atoms with Gasteiger partial charge in [-0.3, -0.25) is 4.79 Å². The minimum absolute atomic E-state index is 0.167. The molecule has 0 saturated carbocycles. The fraction of sp³-hybridized carbons (Fsp3) is 0.250. The summed E-state index contributed by atoms with van der Waals surface area (Å²) in [5.41, 5.74) is 4.93. The number of hydrogen-bond acceptors (Lipinski definition) is 3. The minimum Gasteiger partial charge on any atom is -0.364 e. The van der Waals surface area contributed by atoms with Crippen LogP contribution in [0.3, 0.4) is 0 Å². The van der Waals surface area contributed by atoms with Crippen molar-refractivity contribution in [1.29, 1.82) is 0 Å². The lowest BCUT2D eigenvalue weighted by Crippen LogP contribution is -2.19. The average Bonchev–Trinajstić information content (AvgIpc) is 1.67. The molecule has 0 aromatic rings. The molecule has 0 heterocycles. The summed E-state index contributed by atoms with van der Waals surface area (Å²) in [4.78, 5) is 10.1. The second kappa shape index (κ2) is 2.90. The van der Waals surface area contributed by atoms with Crippen LogP contribution in [0.2, 0.25) is 0 Å². The van der Waals surface area contributed by atoms with E-state index in [0.29, 0.717) is 0 Å². The minimum atomic E-state index is -0.572. The number of amides is 1. The highest BCUT2D eigenvalue weighted by Crippen LogP contribution is 1.73. The number of nitrogens with two attached hydrogens (primary N) is 1. The van der Waals surface area contributed by atoms with Gasteiger partial charge in [-0.2, -0.15) is 10.2 Å². The van der Waals surface area contributed by atoms with Gasteiger partial charge in [0.1, 0.15) is 5.71 Å². The summed E-state index contributed by atoms with van der Waals surface area (Å²) in [6.45, 7) is 4.51. The van der Waals surface area contributed by atoms with E-state index >= 15 is 0 Å². The van der Waals surface area contributed by atoms with Gasteiger partial charge in [-0.25, -0.2) is 0 Å². The third kappa shape index (κ3) is 2.07. The van der Waals surface area contributed by atoms with Crippen molar-refractivity contribution in [2.45, 2.75) is 6.92 Å². The van der Waals surface area contributed by atoms with Gasteiger partial charge in [0.25, 0.3) is 5.91 Å². The van der Waals surface area contributed by atoms with E-state index < -0.39 is 5.91 Å². The maximum atomic E-state index is 10.1. The van der Waals surface area contributed by atoms with E-state index in [4.69, 9.17) is 5.73 Å². The molecule has 44 valence electrons. The number of carbonyl (C=O) groups is 1. The molecule has 0 atom stereocenters. The third-order valence-electron chi connectivity index (χ3n) is 0.577. The number of nitrogens with zero attached hydrogens (tertiary/aromatic N) is 2. The zero-order chi connectivity index (χ0) is 6.57. The van der Waals surface area contributed by atoms with Gasteiger partial charge >= 0.3 is 0 Å². The van der Waals surface area contributed by atoms with E-state index in [1.165, 1.54) is 6.92 Å². The first kappa shape index (κ1) is 6.81. The molecule has 0 saturated heterocycles. The molecule has 0 spiro atoms. The van der Waals surface area contributed by atoms with Crippen molar-refractivity contribution in [3.8, 4) is 0 Å². The quantitative estimate of drug-likeness (QED) is 0.382. The van der Waals surface area contributed by atoms with Gasteiger partial charge in [0.15, 0.2) is 0 Å². The van der Waals surface area contributed by atoms with Crippen molar-refractivity contribution in [3.05, 3.63) is 0 Å². The van der Waals surface area contributed by atoms with E-state index in [1.54, 1.807) is 0 Å². The molecule has 0 aromatic heterocycles. The first-order chi connectivity index (χ1) is 3.68. The molecule has 4 nitrogen and oxygen atoms in total. The summed E-state index contributed by atoms with van der Waals surface area (Å²) in [5, 5.41) is 6.37. The molecule has 0 bridgehead atoms. The van der Waals surface area contributed by atoms with E-state index in [9.17, 15) is 4.79 Å². The fourth-order valence-electron chi connectivity index (χ4n) is 0.155. The molecular weight excluding hydrogens is 106 g/mol. The number of primary amides is 1. The van der Waals surface area contributed by atoms with Crippen molar-refractivity contribution in [2.24, 2.45) is 15.9 Å². The molecule has 0 unspecified atom stereocenters. The second-order valence-electron chi connectivity index (χ2n) is 1.19. The normalized spacial score (nSPS) is 10.9. The number of carbonyl (C=O) groups excluding carboxylic acids is 1. The summed E-state index contributed by atoms with van der Waals surface area (Å²) in [7, 11) is 0. The van der Waals surface area contributed by atoms with E-state index in [2.05, 4.69) is 16.9 Å². The second-order valence-corrected chi connectivity index (χ2v) is 1.19. The average molecular weight is 113 g/mol. The van der Waals surface area contributed by atoms with Gasteiger partial charge in [-0.15, -0.1) is 0 Å². The Kier molecular flexibility index (Phi) is 2.47. The van der Waals surface area contributed by atoms with Gasteiger partial charge in [-0.1, -0.05) is 0 Å². The van der Waals surface area contributed by atoms with Crippen molar-refractivity contribution in [1.82, 2.24) is 0 Å². The summed E-state index contributed by atoms with van der Waals surface area (Å²) in [6.07, 6.45) is 0. The number of hydrogen-bond donors (Lipinski definition) is 1. The highest BCUT2D eigenvalue weighted by Gasteiger charge is 1.94. The fourth-order valence-corrected chi connectivity index (χ4v) is 0.155. The number of rotatable bonds is 2. The van der Waals surface area contributed by atoms with E-state index in [-0.39, 0.29) is 5.71 Å². The van der Waals surface area contributed by atoms with Crippen LogP contribution in [0.25, 0.3) is 0 Å². The van der Waals surface area contributed by atoms with Gasteiger partial charge in [0, 0.05) is 6.72 Å². The Labute approximate surface area is 47.1 Å². The van der Waals surface area contributed by atoms with Gasteiger partial charge < -0.3 is 5.73 Å². The topological polar surface area (TPSA) is 67.8 Å². The molecule has 0 fully saturated rings. The van der Waals surface area contributed by atoms with Crippen molar-refractivity contribution >= 4 is 18.3 Å². The Balaban J connectivity index is 3.99. The van der Waals surface area contributed by atoms with Gasteiger partial charge in [-0.05, 0) is 6.92 Å². The highest BCUT2D eigenvalue weighted by molar-refractivity contribution is 6.37. The van der Waals surface area contributed by atoms with E-state index in [0.717, 1.165) is 0 Å². The molecule has 0 radical (unpaired) electrons. The van der Waals surface area contributed by atoms with E-state index in [1.807, 2.05) is 0 Å². The Morgan fingerprint density at radius 2 is 2.25 bits per heavy atom. The summed E-state index contributed by atoms with van der Waals surface area (Å²) < 4.78 is 0. The van der Waals surface area contributed by atoms with Crippen LogP contribution in [0, 0.1) is 0 Å². The first-order valence-corrected chi connectivity index (χ1v) is 1.98. The van der Waals surface area contributed by atoms with Gasteiger partial charge in [0.05, 0.1) is 0 Å². The highest BCUT2D eigenvalue weighted by atomic mass is 16.1. The van der Waals surface area contributed by atoms with Crippen molar-refractivity contribution in [3.63, 3.8) is 0 Å². The lowest BCUT2D eigenvalue weighted by molar-refractivity contribution is -0.112. The summed E-state index contributed by atoms with van der Waals surface area (Å²) in [6, 6.07) is 0. The van der Waals surface area contributed by atoms with Crippen LogP contribution in [-0.4, -0.2) is 18.3 Å². The molecule has 0 aliphatic carbocycles. The zero-order valence-electron chi connectivity index (χ0n) is 4.59. The van der Waals surface area contributed by atoms with Crippen LogP contribution < -0.4 is 5.73 Å². The SMILES string of the molecule is C=NN=C(C)C(N)=O. The monoisotopic (exact) mass is 113 g/mol. The largest absolute Gasteiger partial charge is 0.364 e. The summed E-state index contributed by atoms with van der Waals surface area (Å²) in [5.74, 6) is -0.572. The van der Waals surface area contributed by atoms with Crippen LogP contribution in [0.15, 0.2) is 10.2 Å². The molecule has 1 amide bonds. The van der Waals surface area contributed by atoms with Crippen molar-refractivity contribution < 1.29 is 4.79 Å². The molecule has 4 heteroatoms. The smallest absolute Gasteiger partial charge is 0.264 e. The maximum Gasteiger partial charge on any atom is 0.264 e. The molecule has 0 aliphatic heterocycles. The van der Waals surface area contributed by atoms with Crippen LogP contribution in [0.5, 0.6) is 0 Å². The lowest BCUT2D eigenvalue weighted by atomic mass is 10.4. The Hall–Kier alpha value is -1.19. The zero-order valence-corrected chi connectivity index (χ0v) is 4.59. The first-order valence-electron chi connectivity index (χ1n) is 1.98. The standard InChI is InChI=1S/C4H7N3O/c1-3(4(5)8)7-6-2/h2H2,1H3,(H2,5,8). The van der Waals surface area contributed by atoms with Gasteiger partial charge in [0.2, 0.25) is 0 Å². The van der Waals surface area contributed by atoms with Crippen LogP contribution in [0.4, 0.5) is 0 Å². The van der Waals surface area contributed by atoms with Crippen LogP contribution >= 0.6 is 0 Å². The Morgan fingerprint density at radius 1 is 1.75 bits per heavy atom. The third-order valence-corrected chi connectivity index (χ3v) is 0.577. The molecule has 2 N–H and O–H groups in total. The van der Waals surface area contributed by atoms with Crippen LogP contribution in [-0.2, 0) is 4.79 Å². The molecule has 8 heavy (non-hydrogen) atoms. The molecule has 0 aromatic carbocycles. The molecule has 0 rings (SSSR count). The molecule has 0 aliphatic rings. The Bertz CT molecular complexity index is 138. The molecular formula is C4H7N3O. The summed E-state index contributed by atoms with van der Waals surface area (Å²) >= 11 is 0. The van der Waals surface area contributed by atoms with Crippen LogP contribution in [0.1, 0.15) is 6.92 Å². The predicted octanol–water partition coefficient (Wildman–Crippen LogP) is -0.452. The lowest BCUT2D eigenvalue weighted by Gasteiger charge is -1.84. The predicted molar refractivity (Wildman–Crippen MR) is 31.9 cm³/mol.